The Labute approximate surface area is 122 Å². The van der Waals surface area contributed by atoms with Gasteiger partial charge in [0.2, 0.25) is 0 Å². The van der Waals surface area contributed by atoms with Gasteiger partial charge in [-0.15, -0.1) is 0 Å². The van der Waals surface area contributed by atoms with Gasteiger partial charge in [0, 0.05) is 0 Å². The zero-order valence-corrected chi connectivity index (χ0v) is 12.6. The number of carbonyl (C=O) groups is 1. The van der Waals surface area contributed by atoms with Gasteiger partial charge in [-0.1, -0.05) is 6.07 Å². The van der Waals surface area contributed by atoms with E-state index in [1.54, 1.807) is 26.8 Å². The van der Waals surface area contributed by atoms with Crippen LogP contribution in [0.3, 0.4) is 0 Å². The second kappa shape index (κ2) is 5.21. The Kier molecular flexibility index (Phi) is 3.73. The second-order valence-corrected chi connectivity index (χ2v) is 6.43. The largest absolute Gasteiger partial charge is 0.478 e. The third-order valence-electron chi connectivity index (χ3n) is 3.02. The highest BCUT2D eigenvalue weighted by Crippen LogP contribution is 2.26. The summed E-state index contributed by atoms with van der Waals surface area (Å²) >= 11 is 0. The van der Waals surface area contributed by atoms with Crippen LogP contribution >= 0.6 is 0 Å². The van der Waals surface area contributed by atoms with E-state index in [2.05, 4.69) is 14.9 Å². The van der Waals surface area contributed by atoms with E-state index in [0.717, 1.165) is 5.56 Å². The van der Waals surface area contributed by atoms with E-state index >= 15 is 0 Å². The molecule has 0 saturated heterocycles. The van der Waals surface area contributed by atoms with Crippen molar-refractivity contribution in [3.8, 4) is 0 Å². The molecule has 112 valence electrons. The predicted molar refractivity (Wildman–Crippen MR) is 77.0 cm³/mol. The van der Waals surface area contributed by atoms with E-state index < -0.39 is 16.0 Å². The topological polar surface area (TPSA) is 112 Å². The van der Waals surface area contributed by atoms with Crippen molar-refractivity contribution in [2.24, 2.45) is 0 Å². The predicted octanol–water partition coefficient (Wildman–Crippen LogP) is 1.83. The van der Waals surface area contributed by atoms with E-state index in [9.17, 15) is 18.3 Å². The molecule has 0 aliphatic carbocycles. The van der Waals surface area contributed by atoms with Gasteiger partial charge in [-0.05, 0) is 38.0 Å². The van der Waals surface area contributed by atoms with Crippen molar-refractivity contribution < 1.29 is 18.3 Å². The molecule has 21 heavy (non-hydrogen) atoms. The van der Waals surface area contributed by atoms with Crippen molar-refractivity contribution in [3.63, 3.8) is 0 Å². The Morgan fingerprint density at radius 2 is 1.95 bits per heavy atom. The summed E-state index contributed by atoms with van der Waals surface area (Å²) in [6.45, 7) is 4.97. The maximum atomic E-state index is 12.3. The van der Waals surface area contributed by atoms with E-state index in [-0.39, 0.29) is 16.1 Å². The first-order valence-corrected chi connectivity index (χ1v) is 7.58. The fraction of sp³-hybridized carbons (Fsp3) is 0.231. The maximum absolute atomic E-state index is 12.3. The Morgan fingerprint density at radius 3 is 2.48 bits per heavy atom. The molecule has 0 saturated carbocycles. The van der Waals surface area contributed by atoms with Crippen molar-refractivity contribution in [1.82, 2.24) is 10.2 Å². The molecule has 0 amide bonds. The molecule has 2 aromatic rings. The molecular formula is C13H15N3O4S. The maximum Gasteiger partial charge on any atom is 0.337 e. The number of aryl methyl sites for hydroxylation is 3. The summed E-state index contributed by atoms with van der Waals surface area (Å²) in [5.41, 5.74) is 1.64. The molecule has 0 atom stereocenters. The molecule has 0 aliphatic rings. The fourth-order valence-corrected chi connectivity index (χ4v) is 3.36. The summed E-state index contributed by atoms with van der Waals surface area (Å²) < 4.78 is 27.0. The first kappa shape index (κ1) is 15.0. The van der Waals surface area contributed by atoms with Crippen LogP contribution in [0.15, 0.2) is 23.2 Å². The summed E-state index contributed by atoms with van der Waals surface area (Å²) in [6, 6.07) is 3.14. The van der Waals surface area contributed by atoms with Crippen LogP contribution in [0, 0.1) is 20.8 Å². The van der Waals surface area contributed by atoms with Crippen molar-refractivity contribution in [2.45, 2.75) is 25.7 Å². The Balaban J connectivity index is 2.54. The number of benzene rings is 1. The van der Waals surface area contributed by atoms with Crippen LogP contribution in [-0.2, 0) is 10.0 Å². The highest BCUT2D eigenvalue weighted by Gasteiger charge is 2.23. The minimum absolute atomic E-state index is 0.0150. The zero-order chi connectivity index (χ0) is 15.8. The van der Waals surface area contributed by atoms with Gasteiger partial charge in [-0.3, -0.25) is 9.82 Å². The molecule has 1 aromatic carbocycles. The fourth-order valence-electron chi connectivity index (χ4n) is 2.07. The number of rotatable bonds is 4. The van der Waals surface area contributed by atoms with Crippen LogP contribution in [0.4, 0.5) is 5.69 Å². The van der Waals surface area contributed by atoms with Gasteiger partial charge >= 0.3 is 5.97 Å². The molecule has 3 N–H and O–H groups in total. The van der Waals surface area contributed by atoms with Crippen molar-refractivity contribution in [2.75, 3.05) is 4.72 Å². The van der Waals surface area contributed by atoms with Gasteiger partial charge in [0.15, 0.2) is 0 Å². The number of sulfonamides is 1. The van der Waals surface area contributed by atoms with Gasteiger partial charge in [0.05, 0.1) is 23.1 Å². The summed E-state index contributed by atoms with van der Waals surface area (Å²) in [5, 5.41) is 15.4. The third kappa shape index (κ3) is 2.89. The number of nitrogens with one attached hydrogen (secondary N) is 2. The molecule has 0 radical (unpaired) electrons. The summed E-state index contributed by atoms with van der Waals surface area (Å²) in [4.78, 5) is 11.3. The van der Waals surface area contributed by atoms with Crippen molar-refractivity contribution >= 4 is 21.7 Å². The van der Waals surface area contributed by atoms with Crippen LogP contribution in [0.2, 0.25) is 0 Å². The van der Waals surface area contributed by atoms with Gasteiger partial charge in [0.25, 0.3) is 10.0 Å². The quantitative estimate of drug-likeness (QED) is 0.797. The number of H-pyrrole nitrogens is 1. The second-order valence-electron chi connectivity index (χ2n) is 4.77. The molecule has 0 spiro atoms. The van der Waals surface area contributed by atoms with Crippen LogP contribution in [0.1, 0.15) is 27.2 Å². The minimum atomic E-state index is -3.90. The zero-order valence-electron chi connectivity index (χ0n) is 11.8. The molecule has 0 fully saturated rings. The van der Waals surface area contributed by atoms with Crippen LogP contribution in [-0.4, -0.2) is 29.7 Å². The highest BCUT2D eigenvalue weighted by atomic mass is 32.2. The molecule has 1 aromatic heterocycles. The normalized spacial score (nSPS) is 11.4. The lowest BCUT2D eigenvalue weighted by Gasteiger charge is -2.13. The van der Waals surface area contributed by atoms with E-state index in [0.29, 0.717) is 11.3 Å². The number of anilines is 1. The number of nitrogens with zero attached hydrogens (tertiary/aromatic N) is 1. The lowest BCUT2D eigenvalue weighted by molar-refractivity contribution is 0.0698. The van der Waals surface area contributed by atoms with E-state index in [1.165, 1.54) is 12.3 Å². The monoisotopic (exact) mass is 309 g/mol. The van der Waals surface area contributed by atoms with Crippen LogP contribution in [0.5, 0.6) is 0 Å². The van der Waals surface area contributed by atoms with Crippen molar-refractivity contribution in [3.05, 3.63) is 40.7 Å². The average molecular weight is 309 g/mol. The summed E-state index contributed by atoms with van der Waals surface area (Å²) in [5.74, 6) is -1.19. The lowest BCUT2D eigenvalue weighted by atomic mass is 10.0. The molecule has 0 unspecified atom stereocenters. The number of carboxylic acid groups (broad SMARTS) is 1. The smallest absolute Gasteiger partial charge is 0.337 e. The Bertz CT molecular complexity index is 809. The lowest BCUT2D eigenvalue weighted by Crippen LogP contribution is -2.17. The van der Waals surface area contributed by atoms with Gasteiger partial charge in [-0.25, -0.2) is 13.2 Å². The Hall–Kier alpha value is -2.35. The highest BCUT2D eigenvalue weighted by molar-refractivity contribution is 7.92. The molecule has 0 bridgehead atoms. The molecule has 1 heterocycles. The number of aromatic amines is 1. The standard InChI is InChI=1S/C13H15N3O4S/c1-7-4-8(2)12(10(5-7)13(17)18)16-21(19,20)11-6-14-15-9(11)3/h4-6,16H,1-3H3,(H,14,15)(H,17,18). The number of aromatic carboxylic acids is 1. The SMILES string of the molecule is Cc1cc(C)c(NS(=O)(=O)c2cn[nH]c2C)c(C(=O)O)c1. The van der Waals surface area contributed by atoms with E-state index in [4.69, 9.17) is 0 Å². The number of aromatic nitrogens is 2. The van der Waals surface area contributed by atoms with E-state index in [1.807, 2.05) is 0 Å². The first-order valence-electron chi connectivity index (χ1n) is 6.09. The van der Waals surface area contributed by atoms with Crippen LogP contribution < -0.4 is 4.72 Å². The molecule has 7 nitrogen and oxygen atoms in total. The number of carboxylic acids is 1. The van der Waals surface area contributed by atoms with Gasteiger partial charge in [-0.2, -0.15) is 5.10 Å². The van der Waals surface area contributed by atoms with Gasteiger partial charge in [0.1, 0.15) is 4.90 Å². The molecule has 8 heteroatoms. The summed E-state index contributed by atoms with van der Waals surface area (Å²) in [7, 11) is -3.90. The molecule has 2 rings (SSSR count). The molecule has 0 aliphatic heterocycles. The summed E-state index contributed by atoms with van der Waals surface area (Å²) in [6.07, 6.45) is 1.18. The van der Waals surface area contributed by atoms with Crippen LogP contribution in [0.25, 0.3) is 0 Å². The minimum Gasteiger partial charge on any atom is -0.478 e. The first-order chi connectivity index (χ1) is 9.72. The number of hydrogen-bond acceptors (Lipinski definition) is 4. The number of hydrogen-bond donors (Lipinski definition) is 3. The van der Waals surface area contributed by atoms with Crippen molar-refractivity contribution in [1.29, 1.82) is 0 Å². The Morgan fingerprint density at radius 1 is 1.29 bits per heavy atom. The molecular weight excluding hydrogens is 294 g/mol. The van der Waals surface area contributed by atoms with Gasteiger partial charge < -0.3 is 5.11 Å². The average Bonchev–Trinajstić information content (AvgIpc) is 2.79. The third-order valence-corrected chi connectivity index (χ3v) is 4.48.